The van der Waals surface area contributed by atoms with Gasteiger partial charge in [0, 0.05) is 0 Å². The second kappa shape index (κ2) is 4.77. The lowest BCUT2D eigenvalue weighted by atomic mass is 9.89. The van der Waals surface area contributed by atoms with Crippen LogP contribution < -0.4 is 5.32 Å². The molecule has 82 valence electrons. The highest BCUT2D eigenvalue weighted by Crippen LogP contribution is 2.26. The molecular weight excluding hydrogens is 186 g/mol. The SMILES string of the molecule is CC(O)c1ccc(C2CCNCC2)cc1. The molecule has 0 bridgehead atoms. The van der Waals surface area contributed by atoms with Gasteiger partial charge in [-0.05, 0) is 49.9 Å². The largest absolute Gasteiger partial charge is 0.389 e. The normalized spacial score (nSPS) is 20.1. The molecule has 1 aliphatic heterocycles. The standard InChI is InChI=1S/C13H19NO/c1-10(15)11-2-4-12(5-3-11)13-6-8-14-9-7-13/h2-5,10,13-15H,6-9H2,1H3. The number of hydrogen-bond donors (Lipinski definition) is 2. The predicted molar refractivity (Wildman–Crippen MR) is 61.9 cm³/mol. The predicted octanol–water partition coefficient (Wildman–Crippen LogP) is 2.21. The third kappa shape index (κ3) is 2.58. The Labute approximate surface area is 91.3 Å². The summed E-state index contributed by atoms with van der Waals surface area (Å²) < 4.78 is 0. The van der Waals surface area contributed by atoms with E-state index in [9.17, 15) is 5.11 Å². The fourth-order valence-corrected chi connectivity index (χ4v) is 2.20. The van der Waals surface area contributed by atoms with Crippen molar-refractivity contribution < 1.29 is 5.11 Å². The average Bonchev–Trinajstić information content (AvgIpc) is 2.30. The average molecular weight is 205 g/mol. The van der Waals surface area contributed by atoms with Gasteiger partial charge in [0.15, 0.2) is 0 Å². The first-order chi connectivity index (χ1) is 7.27. The van der Waals surface area contributed by atoms with Crippen LogP contribution in [0.1, 0.15) is 42.9 Å². The van der Waals surface area contributed by atoms with Crippen LogP contribution in [0.5, 0.6) is 0 Å². The fourth-order valence-electron chi connectivity index (χ4n) is 2.20. The third-order valence-corrected chi connectivity index (χ3v) is 3.23. The molecule has 1 aromatic rings. The van der Waals surface area contributed by atoms with E-state index in [1.54, 1.807) is 6.92 Å². The number of aliphatic hydroxyl groups is 1. The van der Waals surface area contributed by atoms with Crippen LogP contribution in [-0.4, -0.2) is 18.2 Å². The molecule has 1 aliphatic rings. The number of nitrogens with one attached hydrogen (secondary N) is 1. The molecule has 0 saturated carbocycles. The summed E-state index contributed by atoms with van der Waals surface area (Å²) in [5.41, 5.74) is 2.42. The van der Waals surface area contributed by atoms with E-state index in [-0.39, 0.29) is 6.10 Å². The Bertz CT molecular complexity index is 299. The van der Waals surface area contributed by atoms with Gasteiger partial charge in [-0.25, -0.2) is 0 Å². The van der Waals surface area contributed by atoms with Gasteiger partial charge in [0.25, 0.3) is 0 Å². The number of aliphatic hydroxyl groups excluding tert-OH is 1. The van der Waals surface area contributed by atoms with Crippen molar-refractivity contribution >= 4 is 0 Å². The summed E-state index contributed by atoms with van der Waals surface area (Å²) in [6.07, 6.45) is 2.11. The van der Waals surface area contributed by atoms with Crippen LogP contribution in [0.25, 0.3) is 0 Å². The highest BCUT2D eigenvalue weighted by atomic mass is 16.3. The Morgan fingerprint density at radius 2 is 1.80 bits per heavy atom. The van der Waals surface area contributed by atoms with Crippen LogP contribution in [0.2, 0.25) is 0 Å². The summed E-state index contributed by atoms with van der Waals surface area (Å²) in [6, 6.07) is 8.42. The van der Waals surface area contributed by atoms with Crippen molar-refractivity contribution in [1.82, 2.24) is 5.32 Å². The summed E-state index contributed by atoms with van der Waals surface area (Å²) in [6.45, 7) is 4.06. The van der Waals surface area contributed by atoms with Crippen molar-refractivity contribution in [2.45, 2.75) is 31.8 Å². The number of rotatable bonds is 2. The Balaban J connectivity index is 2.08. The van der Waals surface area contributed by atoms with Gasteiger partial charge in [0.05, 0.1) is 6.10 Å². The molecule has 1 aromatic carbocycles. The van der Waals surface area contributed by atoms with Gasteiger partial charge < -0.3 is 10.4 Å². The number of benzene rings is 1. The van der Waals surface area contributed by atoms with E-state index in [1.807, 2.05) is 12.1 Å². The summed E-state index contributed by atoms with van der Waals surface area (Å²) in [5, 5.41) is 12.8. The first kappa shape index (κ1) is 10.7. The second-order valence-electron chi connectivity index (χ2n) is 4.37. The maximum absolute atomic E-state index is 9.41. The minimum atomic E-state index is -0.355. The van der Waals surface area contributed by atoms with Crippen molar-refractivity contribution in [1.29, 1.82) is 0 Å². The lowest BCUT2D eigenvalue weighted by Gasteiger charge is -2.23. The van der Waals surface area contributed by atoms with Crippen LogP contribution in [0.15, 0.2) is 24.3 Å². The van der Waals surface area contributed by atoms with Crippen LogP contribution in [0.4, 0.5) is 0 Å². The van der Waals surface area contributed by atoms with E-state index in [0.29, 0.717) is 5.92 Å². The summed E-state index contributed by atoms with van der Waals surface area (Å²) in [4.78, 5) is 0. The number of hydrogen-bond acceptors (Lipinski definition) is 2. The zero-order chi connectivity index (χ0) is 10.7. The lowest BCUT2D eigenvalue weighted by molar-refractivity contribution is 0.199. The van der Waals surface area contributed by atoms with E-state index >= 15 is 0 Å². The van der Waals surface area contributed by atoms with Crippen LogP contribution >= 0.6 is 0 Å². The Kier molecular flexibility index (Phi) is 3.39. The van der Waals surface area contributed by atoms with Crippen LogP contribution in [0, 0.1) is 0 Å². The minimum absolute atomic E-state index is 0.355. The Morgan fingerprint density at radius 3 is 2.33 bits per heavy atom. The molecule has 1 saturated heterocycles. The van der Waals surface area contributed by atoms with Crippen molar-refractivity contribution in [2.24, 2.45) is 0 Å². The number of piperidine rings is 1. The zero-order valence-corrected chi connectivity index (χ0v) is 9.24. The van der Waals surface area contributed by atoms with Gasteiger partial charge in [-0.15, -0.1) is 0 Å². The molecule has 1 unspecified atom stereocenters. The minimum Gasteiger partial charge on any atom is -0.389 e. The van der Waals surface area contributed by atoms with Gasteiger partial charge >= 0.3 is 0 Å². The molecule has 1 heterocycles. The van der Waals surface area contributed by atoms with E-state index in [0.717, 1.165) is 18.7 Å². The molecule has 0 amide bonds. The van der Waals surface area contributed by atoms with E-state index in [1.165, 1.54) is 18.4 Å². The summed E-state index contributed by atoms with van der Waals surface area (Å²) >= 11 is 0. The first-order valence-corrected chi connectivity index (χ1v) is 5.76. The monoisotopic (exact) mass is 205 g/mol. The lowest BCUT2D eigenvalue weighted by Crippen LogP contribution is -2.26. The van der Waals surface area contributed by atoms with Crippen molar-refractivity contribution in [3.05, 3.63) is 35.4 Å². The Hall–Kier alpha value is -0.860. The molecule has 0 aromatic heterocycles. The molecule has 2 N–H and O–H groups in total. The van der Waals surface area contributed by atoms with E-state index in [4.69, 9.17) is 0 Å². The van der Waals surface area contributed by atoms with Gasteiger partial charge in [-0.1, -0.05) is 24.3 Å². The van der Waals surface area contributed by atoms with Gasteiger partial charge in [0.2, 0.25) is 0 Å². The van der Waals surface area contributed by atoms with E-state index < -0.39 is 0 Å². The quantitative estimate of drug-likeness (QED) is 0.776. The molecule has 2 heteroatoms. The van der Waals surface area contributed by atoms with Gasteiger partial charge in [-0.3, -0.25) is 0 Å². The van der Waals surface area contributed by atoms with Crippen LogP contribution in [-0.2, 0) is 0 Å². The van der Waals surface area contributed by atoms with Crippen molar-refractivity contribution in [2.75, 3.05) is 13.1 Å². The maximum atomic E-state index is 9.41. The molecular formula is C13H19NO. The van der Waals surface area contributed by atoms with Gasteiger partial charge in [-0.2, -0.15) is 0 Å². The molecule has 15 heavy (non-hydrogen) atoms. The molecule has 0 aliphatic carbocycles. The molecule has 1 fully saturated rings. The fraction of sp³-hybridized carbons (Fsp3) is 0.538. The third-order valence-electron chi connectivity index (χ3n) is 3.23. The highest BCUT2D eigenvalue weighted by molar-refractivity contribution is 5.26. The first-order valence-electron chi connectivity index (χ1n) is 5.76. The topological polar surface area (TPSA) is 32.3 Å². The second-order valence-corrected chi connectivity index (χ2v) is 4.37. The molecule has 2 rings (SSSR count). The van der Waals surface area contributed by atoms with Crippen molar-refractivity contribution in [3.63, 3.8) is 0 Å². The van der Waals surface area contributed by atoms with E-state index in [2.05, 4.69) is 17.4 Å². The van der Waals surface area contributed by atoms with Crippen molar-refractivity contribution in [3.8, 4) is 0 Å². The maximum Gasteiger partial charge on any atom is 0.0761 e. The smallest absolute Gasteiger partial charge is 0.0761 e. The summed E-state index contributed by atoms with van der Waals surface area (Å²) in [7, 11) is 0. The molecule has 0 radical (unpaired) electrons. The molecule has 0 spiro atoms. The summed E-state index contributed by atoms with van der Waals surface area (Å²) in [5.74, 6) is 0.703. The van der Waals surface area contributed by atoms with Crippen LogP contribution in [0.3, 0.4) is 0 Å². The Morgan fingerprint density at radius 1 is 1.20 bits per heavy atom. The zero-order valence-electron chi connectivity index (χ0n) is 9.24. The molecule has 2 nitrogen and oxygen atoms in total. The van der Waals surface area contributed by atoms with Gasteiger partial charge in [0.1, 0.15) is 0 Å². The highest BCUT2D eigenvalue weighted by Gasteiger charge is 2.14. The molecule has 1 atom stereocenters.